The van der Waals surface area contributed by atoms with E-state index in [9.17, 15) is 5.11 Å². The number of benzene rings is 1. The fourth-order valence-electron chi connectivity index (χ4n) is 2.59. The summed E-state index contributed by atoms with van der Waals surface area (Å²) in [6.07, 6.45) is 4.94. The summed E-state index contributed by atoms with van der Waals surface area (Å²) in [5.74, 6) is 0.976. The fourth-order valence-corrected chi connectivity index (χ4v) is 2.59. The first-order valence-corrected chi connectivity index (χ1v) is 7.02. The second kappa shape index (κ2) is 5.31. The van der Waals surface area contributed by atoms with Crippen LogP contribution in [-0.4, -0.2) is 10.7 Å². The van der Waals surface area contributed by atoms with Gasteiger partial charge in [0.2, 0.25) is 0 Å². The highest BCUT2D eigenvalue weighted by atomic mass is 16.5. The third-order valence-electron chi connectivity index (χ3n) is 3.55. The van der Waals surface area contributed by atoms with Crippen LogP contribution in [0.3, 0.4) is 0 Å². The molecule has 0 saturated carbocycles. The lowest BCUT2D eigenvalue weighted by atomic mass is 9.97. The minimum absolute atomic E-state index is 0.103. The highest BCUT2D eigenvalue weighted by Crippen LogP contribution is 2.36. The van der Waals surface area contributed by atoms with E-state index in [-0.39, 0.29) is 11.7 Å². The Balaban J connectivity index is 2.04. The zero-order valence-corrected chi connectivity index (χ0v) is 11.7. The molecule has 0 aromatic heterocycles. The maximum atomic E-state index is 10.2. The van der Waals surface area contributed by atoms with Crippen LogP contribution in [0.4, 0.5) is 0 Å². The van der Waals surface area contributed by atoms with Gasteiger partial charge in [-0.15, -0.1) is 0 Å². The van der Waals surface area contributed by atoms with Crippen molar-refractivity contribution in [2.45, 2.75) is 64.6 Å². The quantitative estimate of drug-likeness (QED) is 0.798. The Morgan fingerprint density at radius 1 is 1.33 bits per heavy atom. The number of ether oxygens (including phenoxy) is 1. The van der Waals surface area contributed by atoms with Crippen molar-refractivity contribution < 1.29 is 9.84 Å². The predicted octanol–water partition coefficient (Wildman–Crippen LogP) is 4.01. The van der Waals surface area contributed by atoms with Crippen molar-refractivity contribution in [3.8, 4) is 5.75 Å². The van der Waals surface area contributed by atoms with Gasteiger partial charge in [0.15, 0.2) is 0 Å². The minimum atomic E-state index is -0.328. The van der Waals surface area contributed by atoms with Crippen LogP contribution in [0, 0.1) is 0 Å². The maximum Gasteiger partial charge on any atom is 0.123 e. The standard InChI is InChI=1S/C16H24O2/c1-4-5-6-7-14(17)12-8-9-15-13(10-12)11-16(2,3)18-15/h8-10,14,17H,4-7,11H2,1-3H3. The zero-order chi connectivity index (χ0) is 13.2. The van der Waals surface area contributed by atoms with Crippen molar-refractivity contribution in [1.82, 2.24) is 0 Å². The van der Waals surface area contributed by atoms with E-state index in [1.165, 1.54) is 18.4 Å². The van der Waals surface area contributed by atoms with Crippen molar-refractivity contribution >= 4 is 0 Å². The molecule has 2 heteroatoms. The average Bonchev–Trinajstić information content (AvgIpc) is 2.61. The van der Waals surface area contributed by atoms with E-state index in [1.54, 1.807) is 0 Å². The van der Waals surface area contributed by atoms with Gasteiger partial charge in [0.05, 0.1) is 6.10 Å². The molecule has 0 aliphatic carbocycles. The second-order valence-electron chi connectivity index (χ2n) is 5.92. The third kappa shape index (κ3) is 3.05. The van der Waals surface area contributed by atoms with Gasteiger partial charge in [-0.2, -0.15) is 0 Å². The first-order chi connectivity index (χ1) is 8.52. The van der Waals surface area contributed by atoms with Gasteiger partial charge in [0, 0.05) is 6.42 Å². The molecular formula is C16H24O2. The Hall–Kier alpha value is -1.02. The van der Waals surface area contributed by atoms with Gasteiger partial charge < -0.3 is 9.84 Å². The molecule has 0 fully saturated rings. The van der Waals surface area contributed by atoms with E-state index >= 15 is 0 Å². The molecule has 100 valence electrons. The highest BCUT2D eigenvalue weighted by molar-refractivity contribution is 5.42. The number of rotatable bonds is 5. The summed E-state index contributed by atoms with van der Waals surface area (Å²) >= 11 is 0. The van der Waals surface area contributed by atoms with Crippen LogP contribution in [0.1, 0.15) is 63.7 Å². The van der Waals surface area contributed by atoms with E-state index in [0.29, 0.717) is 0 Å². The fraction of sp³-hybridized carbons (Fsp3) is 0.625. The van der Waals surface area contributed by atoms with Crippen LogP contribution in [0.5, 0.6) is 5.75 Å². The molecule has 2 rings (SSSR count). The molecule has 0 saturated heterocycles. The lowest BCUT2D eigenvalue weighted by Gasteiger charge is -2.16. The molecular weight excluding hydrogens is 224 g/mol. The van der Waals surface area contributed by atoms with E-state index < -0.39 is 0 Å². The molecule has 1 aromatic rings. The number of unbranched alkanes of at least 4 members (excludes halogenated alkanes) is 2. The van der Waals surface area contributed by atoms with Gasteiger partial charge in [0.25, 0.3) is 0 Å². The van der Waals surface area contributed by atoms with Crippen LogP contribution in [0.15, 0.2) is 18.2 Å². The van der Waals surface area contributed by atoms with Crippen LogP contribution in [-0.2, 0) is 6.42 Å². The van der Waals surface area contributed by atoms with Crippen molar-refractivity contribution in [2.24, 2.45) is 0 Å². The Kier molecular flexibility index (Phi) is 3.96. The highest BCUT2D eigenvalue weighted by Gasteiger charge is 2.30. The summed E-state index contributed by atoms with van der Waals surface area (Å²) in [7, 11) is 0. The smallest absolute Gasteiger partial charge is 0.123 e. The first kappa shape index (κ1) is 13.4. The zero-order valence-electron chi connectivity index (χ0n) is 11.7. The Labute approximate surface area is 110 Å². The molecule has 1 heterocycles. The Morgan fingerprint density at radius 2 is 2.11 bits per heavy atom. The number of fused-ring (bicyclic) bond motifs is 1. The molecule has 1 aliphatic rings. The molecule has 1 aliphatic heterocycles. The molecule has 0 radical (unpaired) electrons. The van der Waals surface area contributed by atoms with Gasteiger partial charge >= 0.3 is 0 Å². The molecule has 0 amide bonds. The van der Waals surface area contributed by atoms with Gasteiger partial charge in [-0.1, -0.05) is 32.3 Å². The molecule has 2 nitrogen and oxygen atoms in total. The van der Waals surface area contributed by atoms with E-state index in [4.69, 9.17) is 4.74 Å². The number of hydrogen-bond donors (Lipinski definition) is 1. The van der Waals surface area contributed by atoms with E-state index in [1.807, 2.05) is 12.1 Å². The molecule has 18 heavy (non-hydrogen) atoms. The van der Waals surface area contributed by atoms with E-state index in [0.717, 1.165) is 30.6 Å². The largest absolute Gasteiger partial charge is 0.487 e. The van der Waals surface area contributed by atoms with Gasteiger partial charge in [-0.3, -0.25) is 0 Å². The number of aliphatic hydroxyl groups excluding tert-OH is 1. The second-order valence-corrected chi connectivity index (χ2v) is 5.92. The molecule has 1 N–H and O–H groups in total. The van der Waals surface area contributed by atoms with Crippen molar-refractivity contribution in [3.63, 3.8) is 0 Å². The molecule has 1 unspecified atom stereocenters. The Morgan fingerprint density at radius 3 is 2.83 bits per heavy atom. The maximum absolute atomic E-state index is 10.2. The number of hydrogen-bond acceptors (Lipinski definition) is 2. The summed E-state index contributed by atoms with van der Waals surface area (Å²) in [5, 5.41) is 10.2. The topological polar surface area (TPSA) is 29.5 Å². The van der Waals surface area contributed by atoms with Crippen molar-refractivity contribution in [1.29, 1.82) is 0 Å². The van der Waals surface area contributed by atoms with Gasteiger partial charge in [-0.05, 0) is 43.5 Å². The first-order valence-electron chi connectivity index (χ1n) is 7.02. The van der Waals surface area contributed by atoms with E-state index in [2.05, 4.69) is 26.8 Å². The van der Waals surface area contributed by atoms with Crippen molar-refractivity contribution in [2.75, 3.05) is 0 Å². The molecule has 1 atom stereocenters. The lowest BCUT2D eigenvalue weighted by Crippen LogP contribution is -2.24. The summed E-state index contributed by atoms with van der Waals surface area (Å²) in [6, 6.07) is 6.11. The summed E-state index contributed by atoms with van der Waals surface area (Å²) in [6.45, 7) is 6.38. The predicted molar refractivity (Wildman–Crippen MR) is 74.0 cm³/mol. The lowest BCUT2D eigenvalue weighted by molar-refractivity contribution is 0.138. The van der Waals surface area contributed by atoms with Crippen LogP contribution in [0.25, 0.3) is 0 Å². The minimum Gasteiger partial charge on any atom is -0.487 e. The Bertz CT molecular complexity index is 410. The van der Waals surface area contributed by atoms with Crippen LogP contribution >= 0.6 is 0 Å². The summed E-state index contributed by atoms with van der Waals surface area (Å²) in [5.41, 5.74) is 2.16. The van der Waals surface area contributed by atoms with Gasteiger partial charge in [-0.25, -0.2) is 0 Å². The van der Waals surface area contributed by atoms with Gasteiger partial charge in [0.1, 0.15) is 11.4 Å². The van der Waals surface area contributed by atoms with Crippen molar-refractivity contribution in [3.05, 3.63) is 29.3 Å². The third-order valence-corrected chi connectivity index (χ3v) is 3.55. The summed E-state index contributed by atoms with van der Waals surface area (Å²) in [4.78, 5) is 0. The number of aliphatic hydroxyl groups is 1. The molecule has 0 bridgehead atoms. The van der Waals surface area contributed by atoms with Crippen LogP contribution in [0.2, 0.25) is 0 Å². The normalized spacial score (nSPS) is 18.2. The molecule has 1 aromatic carbocycles. The molecule has 0 spiro atoms. The summed E-state index contributed by atoms with van der Waals surface area (Å²) < 4.78 is 5.85. The average molecular weight is 248 g/mol. The monoisotopic (exact) mass is 248 g/mol. The SMILES string of the molecule is CCCCCC(O)c1ccc2c(c1)CC(C)(C)O2. The van der Waals surface area contributed by atoms with Crippen LogP contribution < -0.4 is 4.74 Å².